The molecule has 0 saturated heterocycles. The molecule has 0 aromatic carbocycles. The SMILES string of the molecule is O=C(O)c1ncsc1S(=O)(=O)NCCc1ccncc1. The third-order valence-electron chi connectivity index (χ3n) is 2.44. The standard InChI is InChI=1S/C11H11N3O4S2/c15-10(16)9-11(19-7-13-9)20(17,18)14-6-3-8-1-4-12-5-2-8/h1-2,4-5,7,14H,3,6H2,(H,15,16). The Morgan fingerprint density at radius 3 is 2.70 bits per heavy atom. The number of thiazole rings is 1. The number of carboxylic acids is 1. The largest absolute Gasteiger partial charge is 0.476 e. The maximum atomic E-state index is 12.0. The quantitative estimate of drug-likeness (QED) is 0.814. The second-order valence-electron chi connectivity index (χ2n) is 3.80. The van der Waals surface area contributed by atoms with E-state index in [-0.39, 0.29) is 10.8 Å². The molecule has 0 aliphatic rings. The van der Waals surface area contributed by atoms with Gasteiger partial charge in [0.25, 0.3) is 10.0 Å². The highest BCUT2D eigenvalue weighted by Crippen LogP contribution is 2.19. The molecule has 0 atom stereocenters. The number of carbonyl (C=O) groups is 1. The van der Waals surface area contributed by atoms with Crippen LogP contribution in [0.5, 0.6) is 0 Å². The van der Waals surface area contributed by atoms with Crippen LogP contribution in [0.25, 0.3) is 0 Å². The molecule has 0 amide bonds. The highest BCUT2D eigenvalue weighted by molar-refractivity contribution is 7.91. The molecule has 0 aliphatic heterocycles. The lowest BCUT2D eigenvalue weighted by Crippen LogP contribution is -2.26. The van der Waals surface area contributed by atoms with Gasteiger partial charge in [-0.25, -0.2) is 22.9 Å². The third kappa shape index (κ3) is 3.38. The molecular formula is C11H11N3O4S2. The van der Waals surface area contributed by atoms with E-state index < -0.39 is 21.7 Å². The van der Waals surface area contributed by atoms with Crippen molar-refractivity contribution in [1.29, 1.82) is 0 Å². The Morgan fingerprint density at radius 2 is 2.05 bits per heavy atom. The number of hydrogen-bond donors (Lipinski definition) is 2. The van der Waals surface area contributed by atoms with Crippen LogP contribution in [0.3, 0.4) is 0 Å². The molecule has 2 aromatic rings. The summed E-state index contributed by atoms with van der Waals surface area (Å²) in [4.78, 5) is 18.3. The smallest absolute Gasteiger partial charge is 0.356 e. The summed E-state index contributed by atoms with van der Waals surface area (Å²) in [6.07, 6.45) is 3.73. The Morgan fingerprint density at radius 1 is 1.35 bits per heavy atom. The highest BCUT2D eigenvalue weighted by Gasteiger charge is 2.25. The van der Waals surface area contributed by atoms with Crippen molar-refractivity contribution < 1.29 is 18.3 Å². The van der Waals surface area contributed by atoms with Crippen LogP contribution in [-0.2, 0) is 16.4 Å². The van der Waals surface area contributed by atoms with Gasteiger partial charge in [0.1, 0.15) is 0 Å². The van der Waals surface area contributed by atoms with Crippen LogP contribution in [-0.4, -0.2) is 36.0 Å². The van der Waals surface area contributed by atoms with E-state index >= 15 is 0 Å². The van der Waals surface area contributed by atoms with Gasteiger partial charge in [0.05, 0.1) is 5.51 Å². The van der Waals surface area contributed by atoms with Crippen molar-refractivity contribution in [2.75, 3.05) is 6.54 Å². The predicted octanol–water partition coefficient (Wildman–Crippen LogP) is 0.757. The number of pyridine rings is 1. The van der Waals surface area contributed by atoms with Crippen molar-refractivity contribution in [2.45, 2.75) is 10.6 Å². The van der Waals surface area contributed by atoms with Crippen LogP contribution < -0.4 is 4.72 Å². The summed E-state index contributed by atoms with van der Waals surface area (Å²) in [6, 6.07) is 3.56. The van der Waals surface area contributed by atoms with Crippen LogP contribution in [0.1, 0.15) is 16.1 Å². The van der Waals surface area contributed by atoms with Gasteiger partial charge in [-0.1, -0.05) is 0 Å². The topological polar surface area (TPSA) is 109 Å². The number of aromatic nitrogens is 2. The Balaban J connectivity index is 2.04. The Bertz CT molecular complexity index is 697. The first-order valence-electron chi connectivity index (χ1n) is 5.56. The molecule has 9 heteroatoms. The van der Waals surface area contributed by atoms with Crippen molar-refractivity contribution >= 4 is 27.3 Å². The number of rotatable bonds is 6. The van der Waals surface area contributed by atoms with Crippen LogP contribution in [0.4, 0.5) is 0 Å². The van der Waals surface area contributed by atoms with E-state index in [0.717, 1.165) is 16.9 Å². The van der Waals surface area contributed by atoms with Crippen LogP contribution in [0, 0.1) is 0 Å². The third-order valence-corrected chi connectivity index (χ3v) is 5.27. The summed E-state index contributed by atoms with van der Waals surface area (Å²) in [5.41, 5.74) is 1.68. The molecule has 7 nitrogen and oxygen atoms in total. The van der Waals surface area contributed by atoms with Gasteiger partial charge in [0.15, 0.2) is 9.90 Å². The van der Waals surface area contributed by atoms with E-state index in [9.17, 15) is 13.2 Å². The predicted molar refractivity (Wildman–Crippen MR) is 72.2 cm³/mol. The van der Waals surface area contributed by atoms with Crippen molar-refractivity contribution in [3.63, 3.8) is 0 Å². The van der Waals surface area contributed by atoms with E-state index in [1.165, 1.54) is 5.51 Å². The lowest BCUT2D eigenvalue weighted by molar-refractivity contribution is 0.0687. The molecule has 20 heavy (non-hydrogen) atoms. The van der Waals surface area contributed by atoms with E-state index in [2.05, 4.69) is 14.7 Å². The molecule has 0 aliphatic carbocycles. The van der Waals surface area contributed by atoms with Gasteiger partial charge in [0.2, 0.25) is 0 Å². The zero-order valence-corrected chi connectivity index (χ0v) is 11.8. The van der Waals surface area contributed by atoms with E-state index in [1.54, 1.807) is 24.5 Å². The zero-order valence-electron chi connectivity index (χ0n) is 10.2. The van der Waals surface area contributed by atoms with Crippen molar-refractivity contribution in [2.24, 2.45) is 0 Å². The Hall–Kier alpha value is -1.84. The van der Waals surface area contributed by atoms with Gasteiger partial charge in [0, 0.05) is 18.9 Å². The first kappa shape index (κ1) is 14.6. The molecule has 2 aromatic heterocycles. The second-order valence-corrected chi connectivity index (χ2v) is 6.61. The monoisotopic (exact) mass is 313 g/mol. The Kier molecular flexibility index (Phi) is 4.42. The Labute approximate surface area is 119 Å². The molecule has 2 N–H and O–H groups in total. The fraction of sp³-hybridized carbons (Fsp3) is 0.182. The van der Waals surface area contributed by atoms with Gasteiger partial charge in [-0.3, -0.25) is 4.98 Å². The fourth-order valence-corrected chi connectivity index (χ4v) is 3.73. The molecule has 0 bridgehead atoms. The summed E-state index contributed by atoms with van der Waals surface area (Å²) in [5.74, 6) is -1.36. The van der Waals surface area contributed by atoms with Crippen LogP contribution >= 0.6 is 11.3 Å². The maximum absolute atomic E-state index is 12.0. The molecule has 0 unspecified atom stereocenters. The average Bonchev–Trinajstić information content (AvgIpc) is 2.90. The average molecular weight is 313 g/mol. The molecule has 0 fully saturated rings. The summed E-state index contributed by atoms with van der Waals surface area (Å²) < 4.78 is 26.1. The molecule has 0 spiro atoms. The number of sulfonamides is 1. The minimum atomic E-state index is -3.85. The molecule has 2 heterocycles. The van der Waals surface area contributed by atoms with Crippen LogP contribution in [0.2, 0.25) is 0 Å². The number of carboxylic acid groups (broad SMARTS) is 1. The number of aromatic carboxylic acids is 1. The van der Waals surface area contributed by atoms with E-state index in [0.29, 0.717) is 6.42 Å². The van der Waals surface area contributed by atoms with Crippen molar-refractivity contribution in [3.8, 4) is 0 Å². The van der Waals surface area contributed by atoms with E-state index in [4.69, 9.17) is 5.11 Å². The summed E-state index contributed by atoms with van der Waals surface area (Å²) in [5, 5.41) is 8.87. The zero-order chi connectivity index (χ0) is 14.6. The van der Waals surface area contributed by atoms with Crippen LogP contribution in [0.15, 0.2) is 34.2 Å². The molecule has 106 valence electrons. The minimum Gasteiger partial charge on any atom is -0.476 e. The van der Waals surface area contributed by atoms with Gasteiger partial charge < -0.3 is 5.11 Å². The summed E-state index contributed by atoms with van der Waals surface area (Å²) in [6.45, 7) is 0.170. The van der Waals surface area contributed by atoms with Gasteiger partial charge in [-0.2, -0.15) is 0 Å². The highest BCUT2D eigenvalue weighted by atomic mass is 32.2. The fourth-order valence-electron chi connectivity index (χ4n) is 1.51. The van der Waals surface area contributed by atoms with Crippen molar-refractivity contribution in [1.82, 2.24) is 14.7 Å². The minimum absolute atomic E-state index is 0.170. The van der Waals surface area contributed by atoms with Gasteiger partial charge >= 0.3 is 5.97 Å². The molecular weight excluding hydrogens is 302 g/mol. The number of nitrogens with zero attached hydrogens (tertiary/aromatic N) is 2. The van der Waals surface area contributed by atoms with E-state index in [1.807, 2.05) is 0 Å². The normalized spacial score (nSPS) is 11.4. The lowest BCUT2D eigenvalue weighted by atomic mass is 10.2. The van der Waals surface area contributed by atoms with Gasteiger partial charge in [-0.15, -0.1) is 11.3 Å². The lowest BCUT2D eigenvalue weighted by Gasteiger charge is -2.05. The first-order valence-corrected chi connectivity index (χ1v) is 7.92. The second kappa shape index (κ2) is 6.07. The maximum Gasteiger partial charge on any atom is 0.356 e. The molecule has 0 saturated carbocycles. The van der Waals surface area contributed by atoms with Gasteiger partial charge in [-0.05, 0) is 24.1 Å². The first-order chi connectivity index (χ1) is 9.50. The summed E-state index contributed by atoms with van der Waals surface area (Å²) in [7, 11) is -3.85. The summed E-state index contributed by atoms with van der Waals surface area (Å²) >= 11 is 0.779. The number of hydrogen-bond acceptors (Lipinski definition) is 6. The molecule has 0 radical (unpaired) electrons. The number of nitrogens with one attached hydrogen (secondary N) is 1. The van der Waals surface area contributed by atoms with Crippen molar-refractivity contribution in [3.05, 3.63) is 41.3 Å². The molecule has 2 rings (SSSR count).